The van der Waals surface area contributed by atoms with Crippen molar-refractivity contribution in [3.63, 3.8) is 0 Å². The molecule has 0 saturated heterocycles. The van der Waals surface area contributed by atoms with Gasteiger partial charge in [0.2, 0.25) is 0 Å². The molecule has 0 aliphatic rings. The summed E-state index contributed by atoms with van der Waals surface area (Å²) in [7, 11) is 0. The summed E-state index contributed by atoms with van der Waals surface area (Å²) in [5, 5.41) is 9.32. The fourth-order valence-corrected chi connectivity index (χ4v) is 2.33. The molecule has 0 spiro atoms. The van der Waals surface area contributed by atoms with Gasteiger partial charge in [0.15, 0.2) is 5.75 Å². The van der Waals surface area contributed by atoms with Crippen LogP contribution in [0.4, 0.5) is 0 Å². The second kappa shape index (κ2) is 7.63. The molecule has 2 aromatic rings. The first-order chi connectivity index (χ1) is 11.0. The van der Waals surface area contributed by atoms with Gasteiger partial charge in [0.05, 0.1) is 13.2 Å². The van der Waals surface area contributed by atoms with E-state index in [1.807, 2.05) is 37.3 Å². The number of unbranched alkanes of at least 4 members (excludes halogenated alkanes) is 1. The van der Waals surface area contributed by atoms with Crippen LogP contribution in [0.1, 0.15) is 41.4 Å². The molecule has 0 unspecified atom stereocenters. The van der Waals surface area contributed by atoms with Crippen LogP contribution in [0.5, 0.6) is 5.75 Å². The van der Waals surface area contributed by atoms with Crippen LogP contribution in [0, 0.1) is 6.92 Å². The van der Waals surface area contributed by atoms with E-state index in [1.54, 1.807) is 11.5 Å². The molecule has 1 aromatic carbocycles. The van der Waals surface area contributed by atoms with Gasteiger partial charge < -0.3 is 14.4 Å². The molecule has 1 N–H and O–H groups in total. The number of aromatic nitrogens is 1. The highest BCUT2D eigenvalue weighted by molar-refractivity contribution is 5.90. The molecule has 0 fully saturated rings. The fraction of sp³-hybridized carbons (Fsp3) is 0.333. The lowest BCUT2D eigenvalue weighted by atomic mass is 10.1. The third kappa shape index (κ3) is 4.00. The largest absolute Gasteiger partial charge is 0.487 e. The van der Waals surface area contributed by atoms with Crippen molar-refractivity contribution in [2.24, 2.45) is 0 Å². The summed E-state index contributed by atoms with van der Waals surface area (Å²) in [5.41, 5.74) is 1.09. The molecular formula is C18H21NO4. The minimum Gasteiger partial charge on any atom is -0.487 e. The lowest BCUT2D eigenvalue weighted by Gasteiger charge is -2.15. The SMILES string of the molecule is CCCCOc1c(C(=O)O)cc(C)n(Cc2ccccc2)c1=O. The van der Waals surface area contributed by atoms with Crippen LogP contribution >= 0.6 is 0 Å². The smallest absolute Gasteiger partial charge is 0.339 e. The second-order valence-electron chi connectivity index (χ2n) is 5.41. The van der Waals surface area contributed by atoms with Crippen LogP contribution in [-0.2, 0) is 6.54 Å². The van der Waals surface area contributed by atoms with E-state index in [-0.39, 0.29) is 11.3 Å². The van der Waals surface area contributed by atoms with Crippen molar-refractivity contribution in [2.75, 3.05) is 6.61 Å². The average Bonchev–Trinajstić information content (AvgIpc) is 2.54. The van der Waals surface area contributed by atoms with Crippen LogP contribution < -0.4 is 10.3 Å². The van der Waals surface area contributed by atoms with Crippen molar-refractivity contribution >= 4 is 5.97 Å². The van der Waals surface area contributed by atoms with E-state index in [0.29, 0.717) is 18.8 Å². The Morgan fingerprint density at radius 2 is 1.96 bits per heavy atom. The number of rotatable bonds is 7. The van der Waals surface area contributed by atoms with Gasteiger partial charge in [0, 0.05) is 5.69 Å². The summed E-state index contributed by atoms with van der Waals surface area (Å²) in [6.45, 7) is 4.45. The molecule has 1 aromatic heterocycles. The minimum absolute atomic E-state index is 0.0760. The van der Waals surface area contributed by atoms with Crippen molar-refractivity contribution in [1.29, 1.82) is 0 Å². The van der Waals surface area contributed by atoms with Gasteiger partial charge in [-0.05, 0) is 25.0 Å². The maximum atomic E-state index is 12.7. The lowest BCUT2D eigenvalue weighted by Crippen LogP contribution is -2.27. The Labute approximate surface area is 135 Å². The Kier molecular flexibility index (Phi) is 5.57. The number of pyridine rings is 1. The van der Waals surface area contributed by atoms with Crippen LogP contribution in [0.3, 0.4) is 0 Å². The van der Waals surface area contributed by atoms with Crippen molar-refractivity contribution in [2.45, 2.75) is 33.2 Å². The van der Waals surface area contributed by atoms with Gasteiger partial charge in [0.25, 0.3) is 5.56 Å². The van der Waals surface area contributed by atoms with Crippen LogP contribution in [0.2, 0.25) is 0 Å². The molecule has 0 radical (unpaired) electrons. The van der Waals surface area contributed by atoms with Crippen LogP contribution in [-0.4, -0.2) is 22.2 Å². The number of ether oxygens (including phenoxy) is 1. The van der Waals surface area contributed by atoms with E-state index in [1.165, 1.54) is 6.07 Å². The Balaban J connectivity index is 2.44. The maximum absolute atomic E-state index is 12.7. The summed E-state index contributed by atoms with van der Waals surface area (Å²) in [5.74, 6) is -1.23. The van der Waals surface area contributed by atoms with Crippen molar-refractivity contribution in [3.05, 3.63) is 63.6 Å². The standard InChI is InChI=1S/C18H21NO4/c1-3-4-10-23-16-15(18(21)22)11-13(2)19(17(16)20)12-14-8-6-5-7-9-14/h5-9,11H,3-4,10,12H2,1-2H3,(H,21,22). The number of hydrogen-bond acceptors (Lipinski definition) is 3. The number of aryl methyl sites for hydroxylation is 1. The number of hydrogen-bond donors (Lipinski definition) is 1. The number of nitrogens with zero attached hydrogens (tertiary/aromatic N) is 1. The Morgan fingerprint density at radius 3 is 2.57 bits per heavy atom. The molecule has 0 aliphatic heterocycles. The number of carboxylic acids is 1. The molecular weight excluding hydrogens is 294 g/mol. The lowest BCUT2D eigenvalue weighted by molar-refractivity contribution is 0.0691. The molecule has 2 rings (SSSR count). The summed E-state index contributed by atoms with van der Waals surface area (Å²) >= 11 is 0. The van der Waals surface area contributed by atoms with E-state index < -0.39 is 11.5 Å². The molecule has 0 amide bonds. The first-order valence-electron chi connectivity index (χ1n) is 7.69. The zero-order valence-corrected chi connectivity index (χ0v) is 13.4. The number of benzene rings is 1. The van der Waals surface area contributed by atoms with Crippen LogP contribution in [0.15, 0.2) is 41.2 Å². The topological polar surface area (TPSA) is 68.5 Å². The highest BCUT2D eigenvalue weighted by Crippen LogP contribution is 2.17. The first kappa shape index (κ1) is 16.8. The molecule has 122 valence electrons. The molecule has 5 nitrogen and oxygen atoms in total. The van der Waals surface area contributed by atoms with Crippen molar-refractivity contribution < 1.29 is 14.6 Å². The van der Waals surface area contributed by atoms with Gasteiger partial charge in [-0.3, -0.25) is 4.79 Å². The predicted molar refractivity (Wildman–Crippen MR) is 88.3 cm³/mol. The Bertz CT molecular complexity index is 735. The molecule has 0 atom stereocenters. The van der Waals surface area contributed by atoms with Gasteiger partial charge >= 0.3 is 5.97 Å². The highest BCUT2D eigenvalue weighted by Gasteiger charge is 2.19. The quantitative estimate of drug-likeness (QED) is 0.797. The van der Waals surface area contributed by atoms with E-state index in [0.717, 1.165) is 18.4 Å². The third-order valence-electron chi connectivity index (χ3n) is 3.62. The van der Waals surface area contributed by atoms with Gasteiger partial charge in [-0.15, -0.1) is 0 Å². The van der Waals surface area contributed by atoms with Crippen molar-refractivity contribution in [1.82, 2.24) is 4.57 Å². The fourth-order valence-electron chi connectivity index (χ4n) is 2.33. The van der Waals surface area contributed by atoms with Crippen molar-refractivity contribution in [3.8, 4) is 5.75 Å². The summed E-state index contributed by atoms with van der Waals surface area (Å²) in [4.78, 5) is 24.1. The molecule has 5 heteroatoms. The van der Waals surface area contributed by atoms with Crippen LogP contribution in [0.25, 0.3) is 0 Å². The second-order valence-corrected chi connectivity index (χ2v) is 5.41. The number of aromatic carboxylic acids is 1. The zero-order valence-electron chi connectivity index (χ0n) is 13.4. The van der Waals surface area contributed by atoms with E-state index in [9.17, 15) is 14.7 Å². The van der Waals surface area contributed by atoms with Gasteiger partial charge in [-0.25, -0.2) is 4.79 Å². The predicted octanol–water partition coefficient (Wildman–Crippen LogP) is 3.08. The first-order valence-corrected chi connectivity index (χ1v) is 7.69. The van der Waals surface area contributed by atoms with E-state index in [4.69, 9.17) is 4.74 Å². The molecule has 1 heterocycles. The third-order valence-corrected chi connectivity index (χ3v) is 3.62. The summed E-state index contributed by atoms with van der Waals surface area (Å²) in [6, 6.07) is 11.1. The molecule has 0 saturated carbocycles. The molecule has 0 bridgehead atoms. The normalized spacial score (nSPS) is 10.5. The monoisotopic (exact) mass is 315 g/mol. The summed E-state index contributed by atoms with van der Waals surface area (Å²) in [6.07, 6.45) is 1.68. The zero-order chi connectivity index (χ0) is 16.8. The highest BCUT2D eigenvalue weighted by atomic mass is 16.5. The Hall–Kier alpha value is -2.56. The van der Waals surface area contributed by atoms with E-state index in [2.05, 4.69) is 0 Å². The number of carboxylic acid groups (broad SMARTS) is 1. The maximum Gasteiger partial charge on any atom is 0.339 e. The molecule has 0 aliphatic carbocycles. The van der Waals surface area contributed by atoms with Gasteiger partial charge in [0.1, 0.15) is 5.56 Å². The van der Waals surface area contributed by atoms with Gasteiger partial charge in [-0.2, -0.15) is 0 Å². The Morgan fingerprint density at radius 1 is 1.26 bits per heavy atom. The van der Waals surface area contributed by atoms with E-state index >= 15 is 0 Å². The molecule has 23 heavy (non-hydrogen) atoms. The minimum atomic E-state index is -1.15. The number of carbonyl (C=O) groups is 1. The van der Waals surface area contributed by atoms with Gasteiger partial charge in [-0.1, -0.05) is 43.7 Å². The summed E-state index contributed by atoms with van der Waals surface area (Å²) < 4.78 is 7.03. The average molecular weight is 315 g/mol.